The van der Waals surface area contributed by atoms with Crippen LogP contribution in [-0.2, 0) is 0 Å². The minimum absolute atomic E-state index is 0.792. The highest BCUT2D eigenvalue weighted by Gasteiger charge is 2.21. The smallest absolute Gasteiger partial charge is 0.00798 e. The Balaban J connectivity index is 1.62. The molecule has 118 valence electrons. The van der Waals surface area contributed by atoms with Crippen molar-refractivity contribution >= 4 is 0 Å². The molecule has 0 spiro atoms. The third kappa shape index (κ3) is 5.37. The van der Waals surface area contributed by atoms with Crippen LogP contribution in [0.15, 0.2) is 0 Å². The number of rotatable bonds is 6. The summed E-state index contributed by atoms with van der Waals surface area (Å²) in [6.07, 6.45) is 12.8. The predicted molar refractivity (Wildman–Crippen MR) is 88.1 cm³/mol. The molecule has 1 saturated carbocycles. The van der Waals surface area contributed by atoms with Gasteiger partial charge in [0.25, 0.3) is 0 Å². The number of hydrogen-bond donors (Lipinski definition) is 1. The molecule has 0 bridgehead atoms. The van der Waals surface area contributed by atoms with E-state index in [-0.39, 0.29) is 0 Å². The number of likely N-dealkylation sites (tertiary alicyclic amines) is 1. The first-order chi connectivity index (χ1) is 9.81. The summed E-state index contributed by atoms with van der Waals surface area (Å²) in [7, 11) is 0. The van der Waals surface area contributed by atoms with Crippen molar-refractivity contribution in [3.05, 3.63) is 0 Å². The first kappa shape index (κ1) is 16.3. The summed E-state index contributed by atoms with van der Waals surface area (Å²) in [4.78, 5) is 2.66. The molecule has 2 nitrogen and oxygen atoms in total. The van der Waals surface area contributed by atoms with Gasteiger partial charge in [0.15, 0.2) is 0 Å². The Morgan fingerprint density at radius 2 is 1.65 bits per heavy atom. The quantitative estimate of drug-likeness (QED) is 0.789. The molecule has 2 heteroatoms. The Labute approximate surface area is 126 Å². The van der Waals surface area contributed by atoms with Crippen LogP contribution < -0.4 is 5.32 Å². The SMILES string of the molecule is CCCN1CCCC(NCC2CCC(CC)CC2)CC1. The second-order valence-corrected chi connectivity index (χ2v) is 7.17. The average molecular weight is 280 g/mol. The number of nitrogens with one attached hydrogen (secondary N) is 1. The summed E-state index contributed by atoms with van der Waals surface area (Å²) >= 11 is 0. The normalized spacial score (nSPS) is 33.0. The van der Waals surface area contributed by atoms with Crippen LogP contribution in [0.25, 0.3) is 0 Å². The van der Waals surface area contributed by atoms with Crippen LogP contribution in [0, 0.1) is 11.8 Å². The van der Waals surface area contributed by atoms with Crippen LogP contribution in [0.1, 0.15) is 71.6 Å². The van der Waals surface area contributed by atoms with Gasteiger partial charge in [-0.15, -0.1) is 0 Å². The van der Waals surface area contributed by atoms with E-state index >= 15 is 0 Å². The van der Waals surface area contributed by atoms with Crippen molar-refractivity contribution < 1.29 is 0 Å². The first-order valence-corrected chi connectivity index (χ1v) is 9.27. The van der Waals surface area contributed by atoms with Crippen LogP contribution in [0.4, 0.5) is 0 Å². The molecule has 2 fully saturated rings. The van der Waals surface area contributed by atoms with Gasteiger partial charge in [-0.1, -0.05) is 33.1 Å². The molecule has 0 radical (unpaired) electrons. The molecular formula is C18H36N2. The lowest BCUT2D eigenvalue weighted by Gasteiger charge is -2.29. The molecule has 0 aromatic carbocycles. The Morgan fingerprint density at radius 1 is 0.900 bits per heavy atom. The third-order valence-electron chi connectivity index (χ3n) is 5.60. The van der Waals surface area contributed by atoms with Crippen molar-refractivity contribution in [2.24, 2.45) is 11.8 Å². The maximum absolute atomic E-state index is 3.90. The molecule has 2 rings (SSSR count). The molecule has 1 aliphatic carbocycles. The van der Waals surface area contributed by atoms with Crippen molar-refractivity contribution in [3.8, 4) is 0 Å². The van der Waals surface area contributed by atoms with Crippen LogP contribution in [0.2, 0.25) is 0 Å². The Morgan fingerprint density at radius 3 is 2.35 bits per heavy atom. The maximum Gasteiger partial charge on any atom is 0.00798 e. The van der Waals surface area contributed by atoms with Crippen molar-refractivity contribution in [2.75, 3.05) is 26.2 Å². The lowest BCUT2D eigenvalue weighted by Crippen LogP contribution is -2.35. The minimum Gasteiger partial charge on any atom is -0.314 e. The summed E-state index contributed by atoms with van der Waals surface area (Å²) in [6.45, 7) is 9.88. The van der Waals surface area contributed by atoms with E-state index in [9.17, 15) is 0 Å². The van der Waals surface area contributed by atoms with E-state index in [4.69, 9.17) is 0 Å². The molecule has 1 N–H and O–H groups in total. The summed E-state index contributed by atoms with van der Waals surface area (Å²) in [5, 5.41) is 3.90. The fourth-order valence-electron chi connectivity index (χ4n) is 4.08. The highest BCUT2D eigenvalue weighted by molar-refractivity contribution is 4.78. The Hall–Kier alpha value is -0.0800. The van der Waals surface area contributed by atoms with Gasteiger partial charge in [-0.25, -0.2) is 0 Å². The molecule has 20 heavy (non-hydrogen) atoms. The summed E-state index contributed by atoms with van der Waals surface area (Å²) in [5.74, 6) is 2.00. The molecule has 0 aromatic heterocycles. The highest BCUT2D eigenvalue weighted by atomic mass is 15.1. The zero-order valence-electron chi connectivity index (χ0n) is 13.9. The van der Waals surface area contributed by atoms with Crippen LogP contribution in [-0.4, -0.2) is 37.1 Å². The van der Waals surface area contributed by atoms with Gasteiger partial charge in [-0.3, -0.25) is 0 Å². The van der Waals surface area contributed by atoms with Crippen molar-refractivity contribution in [2.45, 2.75) is 77.7 Å². The molecule has 1 heterocycles. The molecule has 1 aliphatic heterocycles. The maximum atomic E-state index is 3.90. The fourth-order valence-corrected chi connectivity index (χ4v) is 4.08. The average Bonchev–Trinajstić information content (AvgIpc) is 2.71. The second kappa shape index (κ2) is 9.04. The molecular weight excluding hydrogens is 244 g/mol. The summed E-state index contributed by atoms with van der Waals surface area (Å²) in [6, 6.07) is 0.792. The van der Waals surface area contributed by atoms with E-state index in [0.717, 1.165) is 17.9 Å². The van der Waals surface area contributed by atoms with Gasteiger partial charge in [0.1, 0.15) is 0 Å². The van der Waals surface area contributed by atoms with Gasteiger partial charge in [0.2, 0.25) is 0 Å². The van der Waals surface area contributed by atoms with Gasteiger partial charge in [0.05, 0.1) is 0 Å². The number of hydrogen-bond acceptors (Lipinski definition) is 2. The van der Waals surface area contributed by atoms with E-state index < -0.39 is 0 Å². The Kier molecular flexibility index (Phi) is 7.37. The fraction of sp³-hybridized carbons (Fsp3) is 1.00. The van der Waals surface area contributed by atoms with Crippen molar-refractivity contribution in [1.29, 1.82) is 0 Å². The van der Waals surface area contributed by atoms with Gasteiger partial charge in [-0.2, -0.15) is 0 Å². The topological polar surface area (TPSA) is 15.3 Å². The monoisotopic (exact) mass is 280 g/mol. The Bertz CT molecular complexity index is 246. The highest BCUT2D eigenvalue weighted by Crippen LogP contribution is 2.30. The van der Waals surface area contributed by atoms with E-state index in [0.29, 0.717) is 0 Å². The molecule has 2 aliphatic rings. The lowest BCUT2D eigenvalue weighted by molar-refractivity contribution is 0.251. The first-order valence-electron chi connectivity index (χ1n) is 9.27. The van der Waals surface area contributed by atoms with Crippen molar-refractivity contribution in [1.82, 2.24) is 10.2 Å². The summed E-state index contributed by atoms with van der Waals surface area (Å²) < 4.78 is 0. The van der Waals surface area contributed by atoms with E-state index in [1.807, 2.05) is 0 Å². The van der Waals surface area contributed by atoms with E-state index in [1.54, 1.807) is 0 Å². The van der Waals surface area contributed by atoms with Gasteiger partial charge in [-0.05, 0) is 76.5 Å². The molecule has 1 saturated heterocycles. The van der Waals surface area contributed by atoms with Gasteiger partial charge < -0.3 is 10.2 Å². The summed E-state index contributed by atoms with van der Waals surface area (Å²) in [5.41, 5.74) is 0. The third-order valence-corrected chi connectivity index (χ3v) is 5.60. The standard InChI is InChI=1S/C18H36N2/c1-3-12-20-13-5-6-18(11-14-20)19-15-17-9-7-16(4-2)8-10-17/h16-19H,3-15H2,1-2H3. The molecule has 1 unspecified atom stereocenters. The molecule has 1 atom stereocenters. The van der Waals surface area contributed by atoms with Gasteiger partial charge in [0, 0.05) is 6.04 Å². The van der Waals surface area contributed by atoms with Crippen molar-refractivity contribution in [3.63, 3.8) is 0 Å². The minimum atomic E-state index is 0.792. The van der Waals surface area contributed by atoms with Crippen LogP contribution >= 0.6 is 0 Å². The van der Waals surface area contributed by atoms with E-state index in [1.165, 1.54) is 84.0 Å². The van der Waals surface area contributed by atoms with Crippen LogP contribution in [0.5, 0.6) is 0 Å². The predicted octanol–water partition coefficient (Wildman–Crippen LogP) is 4.06. The number of nitrogens with zero attached hydrogens (tertiary/aromatic N) is 1. The zero-order chi connectivity index (χ0) is 14.2. The lowest BCUT2D eigenvalue weighted by atomic mass is 9.81. The molecule has 0 aromatic rings. The molecule has 0 amide bonds. The van der Waals surface area contributed by atoms with E-state index in [2.05, 4.69) is 24.1 Å². The zero-order valence-corrected chi connectivity index (χ0v) is 13.9. The van der Waals surface area contributed by atoms with Crippen LogP contribution in [0.3, 0.4) is 0 Å². The van der Waals surface area contributed by atoms with Gasteiger partial charge >= 0.3 is 0 Å². The second-order valence-electron chi connectivity index (χ2n) is 7.17. The largest absolute Gasteiger partial charge is 0.314 e.